The number of ether oxygens (including phenoxy) is 2. The van der Waals surface area contributed by atoms with Gasteiger partial charge in [-0.1, -0.05) is 18.0 Å². The number of rotatable bonds is 6. The Bertz CT molecular complexity index is 957. The van der Waals surface area contributed by atoms with Gasteiger partial charge in [-0.25, -0.2) is 4.79 Å². The van der Waals surface area contributed by atoms with Gasteiger partial charge in [0.25, 0.3) is 0 Å². The lowest BCUT2D eigenvalue weighted by atomic mass is 9.88. The van der Waals surface area contributed by atoms with E-state index < -0.39 is 0 Å². The molecular formula is C25H31N3O4. The minimum absolute atomic E-state index is 0.0820. The maximum Gasteiger partial charge on any atom is 0.410 e. The van der Waals surface area contributed by atoms with E-state index in [0.717, 1.165) is 68.2 Å². The number of carbonyl (C=O) groups excluding carboxylic acids is 1. The van der Waals surface area contributed by atoms with Crippen molar-refractivity contribution in [2.75, 3.05) is 7.05 Å². The van der Waals surface area contributed by atoms with Crippen LogP contribution in [0.2, 0.25) is 0 Å². The van der Waals surface area contributed by atoms with Gasteiger partial charge in [0.1, 0.15) is 12.4 Å². The summed E-state index contributed by atoms with van der Waals surface area (Å²) in [6.07, 6.45) is 7.92. The molecule has 7 heteroatoms. The fourth-order valence-corrected chi connectivity index (χ4v) is 4.71. The summed E-state index contributed by atoms with van der Waals surface area (Å²) in [4.78, 5) is 14.2. The minimum atomic E-state index is -0.310. The Morgan fingerprint density at radius 2 is 1.94 bits per heavy atom. The molecule has 1 aromatic carbocycles. The standard InChI is InChI=1S/C25H31N3O4/c1-17-23(16-30-25(29)28(2)20-7-3-4-8-20)24(32-27-17)19-10-12-21(13-11-19)31-22-9-5-6-18(14-22)15-26/h10-13,18,20,22H,3-9,14,16H2,1-2H3. The van der Waals surface area contributed by atoms with Crippen LogP contribution in [-0.4, -0.2) is 35.3 Å². The lowest BCUT2D eigenvalue weighted by Gasteiger charge is -2.26. The molecule has 170 valence electrons. The molecule has 2 atom stereocenters. The van der Waals surface area contributed by atoms with Gasteiger partial charge in [0.05, 0.1) is 23.4 Å². The molecule has 0 bridgehead atoms. The van der Waals surface area contributed by atoms with Crippen LogP contribution in [0.25, 0.3) is 11.3 Å². The molecule has 1 aromatic heterocycles. The maximum atomic E-state index is 12.5. The van der Waals surface area contributed by atoms with E-state index in [2.05, 4.69) is 11.2 Å². The van der Waals surface area contributed by atoms with Gasteiger partial charge in [0.2, 0.25) is 0 Å². The average molecular weight is 438 g/mol. The quantitative estimate of drug-likeness (QED) is 0.582. The molecule has 2 aliphatic rings. The number of carbonyl (C=O) groups is 1. The average Bonchev–Trinajstić information content (AvgIpc) is 3.48. The molecule has 1 heterocycles. The predicted octanol–water partition coefficient (Wildman–Crippen LogP) is 5.62. The second-order valence-corrected chi connectivity index (χ2v) is 8.94. The predicted molar refractivity (Wildman–Crippen MR) is 119 cm³/mol. The Balaban J connectivity index is 1.39. The third kappa shape index (κ3) is 5.07. The summed E-state index contributed by atoms with van der Waals surface area (Å²) in [5, 5.41) is 13.3. The van der Waals surface area contributed by atoms with Gasteiger partial charge in [0.15, 0.2) is 5.76 Å². The van der Waals surface area contributed by atoms with Crippen LogP contribution >= 0.6 is 0 Å². The maximum absolute atomic E-state index is 12.5. The first-order chi connectivity index (χ1) is 15.5. The molecular weight excluding hydrogens is 406 g/mol. The van der Waals surface area contributed by atoms with Crippen molar-refractivity contribution >= 4 is 6.09 Å². The number of hydrogen-bond donors (Lipinski definition) is 0. The van der Waals surface area contributed by atoms with Gasteiger partial charge in [0, 0.05) is 31.0 Å². The Kier molecular flexibility index (Phi) is 6.99. The highest BCUT2D eigenvalue weighted by molar-refractivity contribution is 5.68. The fraction of sp³-hybridized carbons (Fsp3) is 0.560. The van der Waals surface area contributed by atoms with Crippen molar-refractivity contribution in [1.29, 1.82) is 5.26 Å². The third-order valence-electron chi connectivity index (χ3n) is 6.71. The molecule has 0 N–H and O–H groups in total. The minimum Gasteiger partial charge on any atom is -0.490 e. The smallest absolute Gasteiger partial charge is 0.410 e. The van der Waals surface area contributed by atoms with Crippen molar-refractivity contribution < 1.29 is 18.8 Å². The van der Waals surface area contributed by atoms with Crippen molar-refractivity contribution in [3.63, 3.8) is 0 Å². The van der Waals surface area contributed by atoms with E-state index in [9.17, 15) is 10.1 Å². The highest BCUT2D eigenvalue weighted by Gasteiger charge is 2.26. The zero-order chi connectivity index (χ0) is 22.5. The van der Waals surface area contributed by atoms with Crippen LogP contribution in [0, 0.1) is 24.2 Å². The number of nitriles is 1. The molecule has 2 aromatic rings. The molecule has 4 rings (SSSR count). The largest absolute Gasteiger partial charge is 0.490 e. The van der Waals surface area contributed by atoms with Crippen LogP contribution in [0.5, 0.6) is 5.75 Å². The van der Waals surface area contributed by atoms with E-state index in [0.29, 0.717) is 11.5 Å². The van der Waals surface area contributed by atoms with Gasteiger partial charge in [-0.3, -0.25) is 0 Å². The van der Waals surface area contributed by atoms with Crippen molar-refractivity contribution in [1.82, 2.24) is 10.1 Å². The Hall–Kier alpha value is -3.01. The van der Waals surface area contributed by atoms with Gasteiger partial charge in [-0.15, -0.1) is 0 Å². The molecule has 7 nitrogen and oxygen atoms in total. The number of nitrogens with zero attached hydrogens (tertiary/aromatic N) is 3. The summed E-state index contributed by atoms with van der Waals surface area (Å²) >= 11 is 0. The molecule has 2 unspecified atom stereocenters. The van der Waals surface area contributed by atoms with E-state index in [-0.39, 0.29) is 30.8 Å². The summed E-state index contributed by atoms with van der Waals surface area (Å²) in [5.41, 5.74) is 2.34. The van der Waals surface area contributed by atoms with Gasteiger partial charge in [-0.2, -0.15) is 5.26 Å². The fourth-order valence-electron chi connectivity index (χ4n) is 4.71. The second kappa shape index (κ2) is 10.1. The topological polar surface area (TPSA) is 88.6 Å². The Morgan fingerprint density at radius 1 is 1.19 bits per heavy atom. The van der Waals surface area contributed by atoms with Crippen LogP contribution in [-0.2, 0) is 11.3 Å². The Morgan fingerprint density at radius 3 is 2.66 bits per heavy atom. The van der Waals surface area contributed by atoms with Crippen molar-refractivity contribution in [3.8, 4) is 23.1 Å². The molecule has 2 saturated carbocycles. The van der Waals surface area contributed by atoms with Crippen molar-refractivity contribution in [2.45, 2.75) is 77.0 Å². The van der Waals surface area contributed by atoms with Gasteiger partial charge in [-0.05, 0) is 63.3 Å². The highest BCUT2D eigenvalue weighted by Crippen LogP contribution is 2.31. The first-order valence-corrected chi connectivity index (χ1v) is 11.6. The van der Waals surface area contributed by atoms with Crippen LogP contribution in [0.1, 0.15) is 62.6 Å². The molecule has 2 aliphatic carbocycles. The van der Waals surface area contributed by atoms with Crippen molar-refractivity contribution in [3.05, 3.63) is 35.5 Å². The highest BCUT2D eigenvalue weighted by atomic mass is 16.6. The second-order valence-electron chi connectivity index (χ2n) is 8.94. The number of benzene rings is 1. The molecule has 0 spiro atoms. The van der Waals surface area contributed by atoms with E-state index in [4.69, 9.17) is 14.0 Å². The van der Waals surface area contributed by atoms with Crippen LogP contribution < -0.4 is 4.74 Å². The van der Waals surface area contributed by atoms with Crippen LogP contribution in [0.15, 0.2) is 28.8 Å². The molecule has 0 radical (unpaired) electrons. The summed E-state index contributed by atoms with van der Waals surface area (Å²) in [6, 6.07) is 10.3. The van der Waals surface area contributed by atoms with Crippen LogP contribution in [0.3, 0.4) is 0 Å². The molecule has 32 heavy (non-hydrogen) atoms. The first-order valence-electron chi connectivity index (χ1n) is 11.6. The van der Waals surface area contributed by atoms with Gasteiger partial charge < -0.3 is 18.9 Å². The summed E-state index contributed by atoms with van der Waals surface area (Å²) in [6.45, 7) is 1.97. The van der Waals surface area contributed by atoms with Crippen molar-refractivity contribution in [2.24, 2.45) is 5.92 Å². The zero-order valence-electron chi connectivity index (χ0n) is 18.9. The number of aryl methyl sites for hydroxylation is 1. The molecule has 0 saturated heterocycles. The number of aromatic nitrogens is 1. The molecule has 2 fully saturated rings. The molecule has 0 aliphatic heterocycles. The number of amides is 1. The summed E-state index contributed by atoms with van der Waals surface area (Å²) in [5.74, 6) is 1.47. The normalized spacial score (nSPS) is 21.2. The zero-order valence-corrected chi connectivity index (χ0v) is 18.9. The Labute approximate surface area is 189 Å². The summed E-state index contributed by atoms with van der Waals surface area (Å²) < 4.78 is 17.2. The van der Waals surface area contributed by atoms with Crippen LogP contribution in [0.4, 0.5) is 4.79 Å². The number of hydrogen-bond acceptors (Lipinski definition) is 6. The van der Waals surface area contributed by atoms with E-state index in [1.165, 1.54) is 0 Å². The summed E-state index contributed by atoms with van der Waals surface area (Å²) in [7, 11) is 1.81. The lowest BCUT2D eigenvalue weighted by Crippen LogP contribution is -2.35. The van der Waals surface area contributed by atoms with E-state index in [1.807, 2.05) is 38.2 Å². The third-order valence-corrected chi connectivity index (χ3v) is 6.71. The van der Waals surface area contributed by atoms with E-state index in [1.54, 1.807) is 4.90 Å². The molecule has 1 amide bonds. The SMILES string of the molecule is Cc1noc(-c2ccc(OC3CCCC(C#N)C3)cc2)c1COC(=O)N(C)C1CCCC1. The van der Waals surface area contributed by atoms with Gasteiger partial charge >= 0.3 is 6.09 Å². The lowest BCUT2D eigenvalue weighted by molar-refractivity contribution is 0.0917. The van der Waals surface area contributed by atoms with E-state index >= 15 is 0 Å². The monoisotopic (exact) mass is 437 g/mol. The first kappa shape index (κ1) is 22.2.